The topological polar surface area (TPSA) is 78.8 Å². The van der Waals surface area contributed by atoms with E-state index < -0.39 is 6.23 Å². The molecule has 134 valence electrons. The number of hydrogen-bond acceptors (Lipinski definition) is 6. The van der Waals surface area contributed by atoms with Crippen molar-refractivity contribution in [1.82, 2.24) is 15.1 Å². The zero-order valence-corrected chi connectivity index (χ0v) is 19.6. The van der Waals surface area contributed by atoms with Crippen LogP contribution in [0.25, 0.3) is 0 Å². The Morgan fingerprint density at radius 2 is 2.08 bits per heavy atom. The van der Waals surface area contributed by atoms with E-state index in [1.54, 1.807) is 7.05 Å². The number of hydrogen-bond donors (Lipinski definition) is 1. The third kappa shape index (κ3) is 4.36. The number of likely N-dealkylation sites (N-methyl/N-ethyl adjacent to an activating group) is 1. The van der Waals surface area contributed by atoms with Gasteiger partial charge in [0, 0.05) is 19.5 Å². The van der Waals surface area contributed by atoms with Gasteiger partial charge in [-0.25, -0.2) is 9.69 Å². The molecule has 1 aliphatic rings. The normalized spacial score (nSPS) is 18.8. The maximum Gasteiger partial charge on any atom is 0.328 e. The molecule has 2 aromatic rings. The maximum atomic E-state index is 12.1. The molecule has 25 heavy (non-hydrogen) atoms. The van der Waals surface area contributed by atoms with E-state index in [4.69, 9.17) is 4.74 Å². The lowest BCUT2D eigenvalue weighted by molar-refractivity contribution is 0.183. The molecule has 0 spiro atoms. The van der Waals surface area contributed by atoms with Crippen molar-refractivity contribution in [1.29, 1.82) is 0 Å². The molecule has 1 aromatic carbocycles. The number of ether oxygens (including phenoxy) is 1. The average molecular weight is 651 g/mol. The molecule has 11 heteroatoms. The third-order valence-electron chi connectivity index (χ3n) is 3.43. The van der Waals surface area contributed by atoms with Crippen LogP contribution in [0.15, 0.2) is 18.2 Å². The van der Waals surface area contributed by atoms with Gasteiger partial charge in [0.2, 0.25) is 5.13 Å². The van der Waals surface area contributed by atoms with E-state index in [0.717, 1.165) is 12.9 Å². The maximum absolute atomic E-state index is 12.1. The van der Waals surface area contributed by atoms with Gasteiger partial charge in [0.15, 0.2) is 17.3 Å². The van der Waals surface area contributed by atoms with Crippen LogP contribution in [0.3, 0.4) is 0 Å². The smallest absolute Gasteiger partial charge is 0.328 e. The Morgan fingerprint density at radius 3 is 2.64 bits per heavy atom. The molecule has 2 atom stereocenters. The number of halogens is 3. The number of rotatable bonds is 5. The molecule has 1 aliphatic heterocycles. The second kappa shape index (κ2) is 8.19. The highest BCUT2D eigenvalue weighted by Gasteiger charge is 2.37. The quantitative estimate of drug-likeness (QED) is 0.397. The number of carbonyl (C=O) groups is 1. The molecule has 0 saturated carbocycles. The van der Waals surface area contributed by atoms with Crippen LogP contribution >= 0.6 is 72.4 Å². The van der Waals surface area contributed by atoms with Crippen molar-refractivity contribution in [3.8, 4) is 5.75 Å². The van der Waals surface area contributed by atoms with Gasteiger partial charge in [-0.3, -0.25) is 0 Å². The first-order valence-corrected chi connectivity index (χ1v) is 11.2. The van der Waals surface area contributed by atoms with Gasteiger partial charge in [0.25, 0.3) is 0 Å². The molecule has 2 amide bonds. The van der Waals surface area contributed by atoms with Gasteiger partial charge in [-0.1, -0.05) is 27.3 Å². The Kier molecular flexibility index (Phi) is 6.39. The number of aliphatic hydroxyl groups is 1. The Bertz CT molecular complexity index is 773. The Morgan fingerprint density at radius 1 is 1.40 bits per heavy atom. The molecule has 3 rings (SSSR count). The van der Waals surface area contributed by atoms with E-state index in [1.165, 1.54) is 21.1 Å². The molecular formula is C14H13BrI2N4O3S. The summed E-state index contributed by atoms with van der Waals surface area (Å²) < 4.78 is 8.20. The zero-order chi connectivity index (χ0) is 18.1. The summed E-state index contributed by atoms with van der Waals surface area (Å²) >= 11 is 9.17. The van der Waals surface area contributed by atoms with E-state index in [-0.39, 0.29) is 18.7 Å². The summed E-state index contributed by atoms with van der Waals surface area (Å²) in [6.07, 6.45) is -1.26. The summed E-state index contributed by atoms with van der Waals surface area (Å²) in [5, 5.41) is 19.8. The number of alkyl halides is 1. The van der Waals surface area contributed by atoms with Gasteiger partial charge in [-0.15, -0.1) is 10.2 Å². The molecule has 7 nitrogen and oxygen atoms in total. The van der Waals surface area contributed by atoms with Crippen LogP contribution in [0.5, 0.6) is 5.75 Å². The highest BCUT2D eigenvalue weighted by molar-refractivity contribution is 14.1. The number of β-amino-alcohol motifs (C(OH)–C–C–N with tert-alkyl or cyclic N) is 1. The number of aromatic nitrogens is 2. The van der Waals surface area contributed by atoms with Gasteiger partial charge < -0.3 is 14.7 Å². The number of nitrogens with zero attached hydrogens (tertiary/aromatic N) is 4. The number of urea groups is 1. The fraction of sp³-hybridized carbons (Fsp3) is 0.357. The first-order chi connectivity index (χ1) is 11.9. The molecule has 1 fully saturated rings. The second-order valence-electron chi connectivity index (χ2n) is 5.30. The van der Waals surface area contributed by atoms with E-state index in [0.29, 0.717) is 15.5 Å². The SMILES string of the molecule is CN1CC(O)N(c2nnc(C(CBr)Oc3cc(I)cc(I)c3)s2)C1=O. The van der Waals surface area contributed by atoms with Crippen molar-refractivity contribution in [3.05, 3.63) is 30.3 Å². The number of amides is 2. The van der Waals surface area contributed by atoms with Crippen LogP contribution in [-0.2, 0) is 0 Å². The van der Waals surface area contributed by atoms with Crippen molar-refractivity contribution in [2.75, 3.05) is 23.8 Å². The molecule has 0 aliphatic carbocycles. The molecule has 2 unspecified atom stereocenters. The molecule has 2 heterocycles. The van der Waals surface area contributed by atoms with Crippen molar-refractivity contribution in [2.45, 2.75) is 12.3 Å². The van der Waals surface area contributed by atoms with Crippen LogP contribution in [-0.4, -0.2) is 51.4 Å². The van der Waals surface area contributed by atoms with Crippen LogP contribution in [0.2, 0.25) is 0 Å². The van der Waals surface area contributed by atoms with Crippen molar-refractivity contribution < 1.29 is 14.6 Å². The number of benzene rings is 1. The highest BCUT2D eigenvalue weighted by Crippen LogP contribution is 2.33. The van der Waals surface area contributed by atoms with Crippen molar-refractivity contribution in [2.24, 2.45) is 0 Å². The van der Waals surface area contributed by atoms with E-state index >= 15 is 0 Å². The summed E-state index contributed by atoms with van der Waals surface area (Å²) in [5.41, 5.74) is 0. The lowest BCUT2D eigenvalue weighted by atomic mass is 10.3. The first-order valence-electron chi connectivity index (χ1n) is 7.13. The van der Waals surface area contributed by atoms with Gasteiger partial charge in [-0.05, 0) is 63.4 Å². The Balaban J connectivity index is 1.81. The van der Waals surface area contributed by atoms with Gasteiger partial charge in [0.05, 0.1) is 6.54 Å². The number of aliphatic hydroxyl groups excluding tert-OH is 1. The summed E-state index contributed by atoms with van der Waals surface area (Å²) in [7, 11) is 1.64. The van der Waals surface area contributed by atoms with Crippen LogP contribution in [0.1, 0.15) is 11.1 Å². The fourth-order valence-corrected chi connectivity index (χ4v) is 5.73. The Hall–Kier alpha value is -0.250. The average Bonchev–Trinajstić information content (AvgIpc) is 3.09. The summed E-state index contributed by atoms with van der Waals surface area (Å²) in [5.74, 6) is 0.745. The summed E-state index contributed by atoms with van der Waals surface area (Å²) in [6, 6.07) is 5.65. The largest absolute Gasteiger partial charge is 0.482 e. The van der Waals surface area contributed by atoms with E-state index in [2.05, 4.69) is 77.4 Å². The zero-order valence-electron chi connectivity index (χ0n) is 12.9. The Labute approximate surface area is 184 Å². The monoisotopic (exact) mass is 650 g/mol. The second-order valence-corrected chi connectivity index (χ2v) is 9.43. The molecule has 1 saturated heterocycles. The van der Waals surface area contributed by atoms with Gasteiger partial charge in [-0.2, -0.15) is 0 Å². The lowest BCUT2D eigenvalue weighted by Crippen LogP contribution is -2.34. The van der Waals surface area contributed by atoms with Gasteiger partial charge >= 0.3 is 6.03 Å². The highest BCUT2D eigenvalue weighted by atomic mass is 127. The fourth-order valence-electron chi connectivity index (χ4n) is 2.29. The van der Waals surface area contributed by atoms with Crippen LogP contribution in [0.4, 0.5) is 9.93 Å². The molecule has 1 aromatic heterocycles. The number of anilines is 1. The molecule has 0 bridgehead atoms. The van der Waals surface area contributed by atoms with E-state index in [1.807, 2.05) is 12.1 Å². The van der Waals surface area contributed by atoms with Crippen LogP contribution < -0.4 is 9.64 Å². The minimum atomic E-state index is -0.918. The minimum Gasteiger partial charge on any atom is -0.482 e. The van der Waals surface area contributed by atoms with Crippen LogP contribution in [0, 0.1) is 7.14 Å². The molecule has 1 N–H and O–H groups in total. The predicted molar refractivity (Wildman–Crippen MR) is 115 cm³/mol. The van der Waals surface area contributed by atoms with Crippen molar-refractivity contribution >= 4 is 83.6 Å². The third-order valence-corrected chi connectivity index (χ3v) is 6.28. The molecule has 0 radical (unpaired) electrons. The van der Waals surface area contributed by atoms with Gasteiger partial charge in [0.1, 0.15) is 5.75 Å². The lowest BCUT2D eigenvalue weighted by Gasteiger charge is -2.15. The standard InChI is InChI=1S/C14H13BrI2N4O3S/c1-20-6-11(22)21(14(20)23)13-19-18-12(25-13)10(5-15)24-9-3-7(16)2-8(17)4-9/h2-4,10-11,22H,5-6H2,1H3. The van der Waals surface area contributed by atoms with E-state index in [9.17, 15) is 9.90 Å². The number of carbonyl (C=O) groups excluding carboxylic acids is 1. The summed E-state index contributed by atoms with van der Waals surface area (Å²) in [6.45, 7) is 0.243. The minimum absolute atomic E-state index is 0.243. The summed E-state index contributed by atoms with van der Waals surface area (Å²) in [4.78, 5) is 14.8. The van der Waals surface area contributed by atoms with Crippen molar-refractivity contribution in [3.63, 3.8) is 0 Å². The first kappa shape index (κ1) is 19.5. The predicted octanol–water partition coefficient (Wildman–Crippen LogP) is 3.45. The molecular weight excluding hydrogens is 638 g/mol.